The topological polar surface area (TPSA) is 60.7 Å². The molecule has 0 rings (SSSR count). The molecule has 0 atom stereocenters. The zero-order valence-electron chi connectivity index (χ0n) is 10.6. The summed E-state index contributed by atoms with van der Waals surface area (Å²) in [5, 5.41) is 0. The van der Waals surface area contributed by atoms with Crippen molar-refractivity contribution >= 4 is 7.94 Å². The van der Waals surface area contributed by atoms with E-state index < -0.39 is 7.94 Å². The monoisotopic (exact) mass is 252 g/mol. The maximum absolute atomic E-state index is 8.79. The van der Waals surface area contributed by atoms with Gasteiger partial charge < -0.3 is 0 Å². The molecule has 3 N–H and O–H groups in total. The van der Waals surface area contributed by atoms with Gasteiger partial charge in [0.1, 0.15) is 0 Å². The molecule has 0 aliphatic carbocycles. The van der Waals surface area contributed by atoms with E-state index in [1.165, 1.54) is 44.9 Å². The van der Waals surface area contributed by atoms with Crippen molar-refractivity contribution in [3.8, 4) is 0 Å². The van der Waals surface area contributed by atoms with Crippen molar-refractivity contribution < 1.29 is 14.7 Å². The Hall–Kier alpha value is 0.310. The summed E-state index contributed by atoms with van der Waals surface area (Å²) in [5.41, 5.74) is 0. The number of unbranched alkanes of at least 4 members (excludes halogenated alkanes) is 9. The summed E-state index contributed by atoms with van der Waals surface area (Å²) in [7, 11) is -3.75. The molecule has 0 amide bonds. The van der Waals surface area contributed by atoms with Crippen LogP contribution in [0.15, 0.2) is 0 Å². The molecule has 0 aromatic rings. The second-order valence-electron chi connectivity index (χ2n) is 4.71. The molecular weight excluding hydrogens is 223 g/mol. The van der Waals surface area contributed by atoms with Crippen LogP contribution in [0, 0.1) is 0 Å². The van der Waals surface area contributed by atoms with Crippen molar-refractivity contribution in [2.75, 3.05) is 6.16 Å². The second kappa shape index (κ2) is 10.5. The summed E-state index contributed by atoms with van der Waals surface area (Å²) in [6.45, 7) is 2.23. The molecule has 0 unspecified atom stereocenters. The van der Waals surface area contributed by atoms with Crippen LogP contribution < -0.4 is 0 Å². The van der Waals surface area contributed by atoms with Gasteiger partial charge >= 0.3 is 99.9 Å². The predicted molar refractivity (Wildman–Crippen MR) is 71.7 cm³/mol. The molecule has 0 radical (unpaired) electrons. The molecule has 0 saturated carbocycles. The van der Waals surface area contributed by atoms with Gasteiger partial charge in [0.05, 0.1) is 0 Å². The van der Waals surface area contributed by atoms with Crippen LogP contribution >= 0.6 is 7.94 Å². The summed E-state index contributed by atoms with van der Waals surface area (Å²) in [4.78, 5) is 26.4. The molecule has 0 spiro atoms. The second-order valence-corrected chi connectivity index (χ2v) is 6.76. The van der Waals surface area contributed by atoms with Gasteiger partial charge in [-0.05, 0) is 0 Å². The van der Waals surface area contributed by atoms with Gasteiger partial charge in [-0.2, -0.15) is 0 Å². The maximum atomic E-state index is 8.79. The molecular formula is C12H29O3P. The molecule has 100 valence electrons. The average Bonchev–Trinajstić information content (AvgIpc) is 2.19. The number of hydrogen-bond donors (Lipinski definition) is 3. The molecule has 3 nitrogen and oxygen atoms in total. The van der Waals surface area contributed by atoms with E-state index in [2.05, 4.69) is 6.92 Å². The molecule has 0 fully saturated rings. The van der Waals surface area contributed by atoms with Crippen LogP contribution in [0.4, 0.5) is 0 Å². The molecule has 0 aromatic carbocycles. The van der Waals surface area contributed by atoms with Crippen LogP contribution in [0.5, 0.6) is 0 Å². The number of rotatable bonds is 11. The fraction of sp³-hybridized carbons (Fsp3) is 1.00. The van der Waals surface area contributed by atoms with Crippen molar-refractivity contribution in [3.63, 3.8) is 0 Å². The van der Waals surface area contributed by atoms with Crippen molar-refractivity contribution in [2.24, 2.45) is 0 Å². The molecule has 0 aliphatic heterocycles. The van der Waals surface area contributed by atoms with E-state index in [1.807, 2.05) is 0 Å². The van der Waals surface area contributed by atoms with E-state index in [9.17, 15) is 0 Å². The Morgan fingerprint density at radius 3 is 1.38 bits per heavy atom. The van der Waals surface area contributed by atoms with E-state index in [1.54, 1.807) is 0 Å². The quantitative estimate of drug-likeness (QED) is 0.390. The van der Waals surface area contributed by atoms with Gasteiger partial charge in [-0.3, -0.25) is 0 Å². The first kappa shape index (κ1) is 16.3. The van der Waals surface area contributed by atoms with E-state index in [0.717, 1.165) is 19.3 Å². The Kier molecular flexibility index (Phi) is 10.7. The van der Waals surface area contributed by atoms with Crippen LogP contribution in [-0.2, 0) is 0 Å². The average molecular weight is 252 g/mol. The third-order valence-corrected chi connectivity index (χ3v) is 3.89. The summed E-state index contributed by atoms with van der Waals surface area (Å²) in [5.74, 6) is 0. The summed E-state index contributed by atoms with van der Waals surface area (Å²) < 4.78 is 0. The Labute approximate surface area is 100 Å². The van der Waals surface area contributed by atoms with Gasteiger partial charge in [0.25, 0.3) is 0 Å². The third-order valence-electron chi connectivity index (χ3n) is 2.87. The molecule has 0 aliphatic rings. The molecule has 4 heteroatoms. The Morgan fingerprint density at radius 2 is 1.00 bits per heavy atom. The van der Waals surface area contributed by atoms with Gasteiger partial charge in [-0.15, -0.1) is 0 Å². The zero-order valence-corrected chi connectivity index (χ0v) is 11.6. The Balaban J connectivity index is 2.99. The van der Waals surface area contributed by atoms with Crippen LogP contribution in [0.1, 0.15) is 71.1 Å². The Morgan fingerprint density at radius 1 is 0.625 bits per heavy atom. The van der Waals surface area contributed by atoms with Gasteiger partial charge in [0, 0.05) is 0 Å². The van der Waals surface area contributed by atoms with E-state index in [4.69, 9.17) is 14.7 Å². The minimum atomic E-state index is -3.75. The van der Waals surface area contributed by atoms with Gasteiger partial charge in [-0.25, -0.2) is 0 Å². The van der Waals surface area contributed by atoms with Crippen molar-refractivity contribution in [3.05, 3.63) is 0 Å². The van der Waals surface area contributed by atoms with Crippen LogP contribution in [-0.4, -0.2) is 20.8 Å². The minimum absolute atomic E-state index is 0.198. The van der Waals surface area contributed by atoms with E-state index in [0.29, 0.717) is 0 Å². The first-order valence-electron chi connectivity index (χ1n) is 6.73. The predicted octanol–water partition coefficient (Wildman–Crippen LogP) is 3.38. The molecule has 0 heterocycles. The van der Waals surface area contributed by atoms with Crippen molar-refractivity contribution in [1.82, 2.24) is 0 Å². The molecule has 0 bridgehead atoms. The van der Waals surface area contributed by atoms with Crippen molar-refractivity contribution in [1.29, 1.82) is 0 Å². The normalized spacial score (nSPS) is 13.0. The van der Waals surface area contributed by atoms with Crippen LogP contribution in [0.25, 0.3) is 0 Å². The summed E-state index contributed by atoms with van der Waals surface area (Å²) >= 11 is 0. The molecule has 16 heavy (non-hydrogen) atoms. The van der Waals surface area contributed by atoms with Gasteiger partial charge in [0.2, 0.25) is 0 Å². The summed E-state index contributed by atoms with van der Waals surface area (Å²) in [6.07, 6.45) is 12.3. The SMILES string of the molecule is CCCCCCCCCCCC[PH](O)(O)O. The fourth-order valence-corrected chi connectivity index (χ4v) is 2.57. The first-order valence-corrected chi connectivity index (χ1v) is 8.78. The first-order chi connectivity index (χ1) is 7.56. The molecule has 0 aromatic heterocycles. The zero-order chi connectivity index (χ0) is 12.3. The van der Waals surface area contributed by atoms with Crippen molar-refractivity contribution in [2.45, 2.75) is 71.1 Å². The van der Waals surface area contributed by atoms with E-state index >= 15 is 0 Å². The van der Waals surface area contributed by atoms with Gasteiger partial charge in [0.15, 0.2) is 0 Å². The fourth-order valence-electron chi connectivity index (χ4n) is 1.85. The Bertz CT molecular complexity index is 146. The standard InChI is InChI=1S/C12H29O3P/c1-2-3-4-5-6-7-8-9-10-11-12-16(13,14)15/h13-16H,2-12H2,1H3. The van der Waals surface area contributed by atoms with E-state index in [-0.39, 0.29) is 6.16 Å². The van der Waals surface area contributed by atoms with Crippen LogP contribution in [0.3, 0.4) is 0 Å². The van der Waals surface area contributed by atoms with Crippen LogP contribution in [0.2, 0.25) is 0 Å². The number of hydrogen-bond acceptors (Lipinski definition) is 3. The van der Waals surface area contributed by atoms with Gasteiger partial charge in [-0.1, -0.05) is 0 Å². The molecule has 0 saturated heterocycles. The third kappa shape index (κ3) is 14.3. The summed E-state index contributed by atoms with van der Waals surface area (Å²) in [6, 6.07) is 0.